The first-order chi connectivity index (χ1) is 8.81. The Labute approximate surface area is 110 Å². The molecule has 1 rings (SSSR count). The van der Waals surface area contributed by atoms with Crippen molar-refractivity contribution in [2.24, 2.45) is 5.73 Å². The fourth-order valence-corrected chi connectivity index (χ4v) is 1.85. The molecule has 3 N–H and O–H groups in total. The van der Waals surface area contributed by atoms with E-state index in [4.69, 9.17) is 10.5 Å². The lowest BCUT2D eigenvalue weighted by Gasteiger charge is -2.21. The Hall–Kier alpha value is -1.27. The van der Waals surface area contributed by atoms with Gasteiger partial charge in [-0.05, 0) is 18.6 Å². The average molecular weight is 277 g/mol. The van der Waals surface area contributed by atoms with E-state index in [1.165, 1.54) is 13.2 Å². The number of ether oxygens (including phenoxy) is 1. The molecule has 0 saturated carbocycles. The van der Waals surface area contributed by atoms with Crippen LogP contribution in [0.25, 0.3) is 0 Å². The maximum Gasteiger partial charge on any atom is 0.416 e. The first-order valence-corrected chi connectivity index (χ1v) is 6.00. The predicted molar refractivity (Wildman–Crippen MR) is 65.8 cm³/mol. The highest BCUT2D eigenvalue weighted by atomic mass is 19.4. The largest absolute Gasteiger partial charge is 0.496 e. The van der Waals surface area contributed by atoms with Crippen molar-refractivity contribution in [2.75, 3.05) is 7.11 Å². The quantitative estimate of drug-likeness (QED) is 0.870. The molecule has 0 radical (unpaired) electrons. The molecule has 0 aliphatic heterocycles. The lowest BCUT2D eigenvalue weighted by Crippen LogP contribution is -2.26. The van der Waals surface area contributed by atoms with Crippen molar-refractivity contribution in [3.05, 3.63) is 29.3 Å². The Morgan fingerprint density at radius 1 is 1.37 bits per heavy atom. The van der Waals surface area contributed by atoms with Gasteiger partial charge in [0, 0.05) is 5.56 Å². The van der Waals surface area contributed by atoms with Crippen LogP contribution in [0.2, 0.25) is 0 Å². The second-order valence-electron chi connectivity index (χ2n) is 4.34. The van der Waals surface area contributed by atoms with Crippen LogP contribution in [0.3, 0.4) is 0 Å². The average Bonchev–Trinajstić information content (AvgIpc) is 2.36. The number of nitrogens with two attached hydrogens (primary N) is 1. The molecule has 0 amide bonds. The maximum atomic E-state index is 12.6. The minimum Gasteiger partial charge on any atom is -0.496 e. The fraction of sp³-hybridized carbons (Fsp3) is 0.538. The molecule has 0 aromatic heterocycles. The van der Waals surface area contributed by atoms with Crippen LogP contribution < -0.4 is 10.5 Å². The van der Waals surface area contributed by atoms with Gasteiger partial charge in [0.2, 0.25) is 0 Å². The van der Waals surface area contributed by atoms with Crippen LogP contribution in [0.4, 0.5) is 13.2 Å². The molecule has 3 nitrogen and oxygen atoms in total. The summed E-state index contributed by atoms with van der Waals surface area (Å²) in [7, 11) is 1.28. The van der Waals surface area contributed by atoms with Crippen LogP contribution in [-0.4, -0.2) is 18.3 Å². The van der Waals surface area contributed by atoms with Gasteiger partial charge in [-0.2, -0.15) is 13.2 Å². The first kappa shape index (κ1) is 15.8. The summed E-state index contributed by atoms with van der Waals surface area (Å²) in [6.45, 7) is 1.89. The van der Waals surface area contributed by atoms with E-state index in [-0.39, 0.29) is 5.75 Å². The third-order valence-electron chi connectivity index (χ3n) is 2.92. The molecule has 0 unspecified atom stereocenters. The van der Waals surface area contributed by atoms with Crippen LogP contribution in [0.1, 0.15) is 36.9 Å². The number of methoxy groups -OCH3 is 1. The summed E-state index contributed by atoms with van der Waals surface area (Å²) in [5, 5.41) is 9.82. The number of halogens is 3. The number of aliphatic hydroxyl groups excluding tert-OH is 1. The lowest BCUT2D eigenvalue weighted by molar-refractivity contribution is -0.137. The second kappa shape index (κ2) is 6.25. The van der Waals surface area contributed by atoms with E-state index in [1.54, 1.807) is 0 Å². The summed E-state index contributed by atoms with van der Waals surface area (Å²) >= 11 is 0. The van der Waals surface area contributed by atoms with Crippen molar-refractivity contribution in [3.63, 3.8) is 0 Å². The van der Waals surface area contributed by atoms with Gasteiger partial charge in [0.1, 0.15) is 5.75 Å². The molecule has 0 saturated heterocycles. The summed E-state index contributed by atoms with van der Waals surface area (Å²) in [6.07, 6.45) is -4.03. The van der Waals surface area contributed by atoms with Crippen LogP contribution in [0.15, 0.2) is 18.2 Å². The summed E-state index contributed by atoms with van der Waals surface area (Å²) in [6, 6.07) is 2.33. The zero-order chi connectivity index (χ0) is 14.6. The fourth-order valence-electron chi connectivity index (χ4n) is 1.85. The van der Waals surface area contributed by atoms with E-state index in [1.807, 2.05) is 6.92 Å². The molecule has 0 aliphatic carbocycles. The predicted octanol–water partition coefficient (Wildman–Crippen LogP) is 2.87. The van der Waals surface area contributed by atoms with E-state index in [0.717, 1.165) is 18.6 Å². The van der Waals surface area contributed by atoms with Crippen molar-refractivity contribution in [1.29, 1.82) is 0 Å². The van der Waals surface area contributed by atoms with Gasteiger partial charge < -0.3 is 15.6 Å². The van der Waals surface area contributed by atoms with Crippen LogP contribution >= 0.6 is 0 Å². The highest BCUT2D eigenvalue weighted by Crippen LogP contribution is 2.35. The molecule has 0 spiro atoms. The number of rotatable bonds is 5. The number of alkyl halides is 3. The van der Waals surface area contributed by atoms with Gasteiger partial charge >= 0.3 is 6.18 Å². The Balaban J connectivity index is 3.09. The maximum absolute atomic E-state index is 12.6. The van der Waals surface area contributed by atoms with E-state index in [9.17, 15) is 18.3 Å². The number of hydrogen-bond acceptors (Lipinski definition) is 3. The van der Waals surface area contributed by atoms with Gasteiger partial charge in [0.15, 0.2) is 0 Å². The third kappa shape index (κ3) is 3.84. The van der Waals surface area contributed by atoms with Gasteiger partial charge in [0.05, 0.1) is 24.8 Å². The summed E-state index contributed by atoms with van der Waals surface area (Å²) in [5.41, 5.74) is 5.42. The summed E-state index contributed by atoms with van der Waals surface area (Å²) in [4.78, 5) is 0. The summed E-state index contributed by atoms with van der Waals surface area (Å²) < 4.78 is 42.7. The molecule has 6 heteroatoms. The molecule has 1 aromatic rings. The SMILES string of the molecule is CCC[C@@H](O)[C@@H](N)c1ccc(C(F)(F)F)cc1OC. The normalized spacial score (nSPS) is 15.1. The topological polar surface area (TPSA) is 55.5 Å². The molecular weight excluding hydrogens is 259 g/mol. The second-order valence-corrected chi connectivity index (χ2v) is 4.34. The molecule has 0 aliphatic rings. The molecule has 0 heterocycles. The van der Waals surface area contributed by atoms with Gasteiger partial charge in [-0.25, -0.2) is 0 Å². The monoisotopic (exact) mass is 277 g/mol. The van der Waals surface area contributed by atoms with Gasteiger partial charge in [-0.1, -0.05) is 19.4 Å². The molecule has 19 heavy (non-hydrogen) atoms. The molecule has 0 bridgehead atoms. The van der Waals surface area contributed by atoms with Crippen LogP contribution in [0, 0.1) is 0 Å². The van der Waals surface area contributed by atoms with Gasteiger partial charge in [0.25, 0.3) is 0 Å². The first-order valence-electron chi connectivity index (χ1n) is 6.00. The lowest BCUT2D eigenvalue weighted by atomic mass is 9.97. The summed E-state index contributed by atoms with van der Waals surface area (Å²) in [5.74, 6) is 0.0393. The molecule has 1 aromatic carbocycles. The van der Waals surface area contributed by atoms with E-state index >= 15 is 0 Å². The Bertz CT molecular complexity index is 421. The van der Waals surface area contributed by atoms with Crippen molar-refractivity contribution in [1.82, 2.24) is 0 Å². The number of aliphatic hydroxyl groups is 1. The van der Waals surface area contributed by atoms with Gasteiger partial charge in [-0.3, -0.25) is 0 Å². The van der Waals surface area contributed by atoms with Crippen molar-refractivity contribution >= 4 is 0 Å². The Kier molecular flexibility index (Phi) is 5.20. The number of benzene rings is 1. The highest BCUT2D eigenvalue weighted by Gasteiger charge is 2.32. The van der Waals surface area contributed by atoms with E-state index in [0.29, 0.717) is 12.0 Å². The Morgan fingerprint density at radius 3 is 2.47 bits per heavy atom. The standard InChI is InChI=1S/C13H18F3NO2/c1-3-4-10(18)12(17)9-6-5-8(13(14,15)16)7-11(9)19-2/h5-7,10,12,18H,3-4,17H2,1-2H3/t10-,12+/m1/s1. The van der Waals surface area contributed by atoms with Crippen molar-refractivity contribution < 1.29 is 23.0 Å². The molecule has 108 valence electrons. The molecular formula is C13H18F3NO2. The van der Waals surface area contributed by atoms with Crippen LogP contribution in [0.5, 0.6) is 5.75 Å². The minimum absolute atomic E-state index is 0.0393. The van der Waals surface area contributed by atoms with E-state index < -0.39 is 23.9 Å². The third-order valence-corrected chi connectivity index (χ3v) is 2.92. The van der Waals surface area contributed by atoms with Crippen LogP contribution in [-0.2, 0) is 6.18 Å². The zero-order valence-corrected chi connectivity index (χ0v) is 10.9. The molecule has 2 atom stereocenters. The smallest absolute Gasteiger partial charge is 0.416 e. The Morgan fingerprint density at radius 2 is 2.00 bits per heavy atom. The van der Waals surface area contributed by atoms with Gasteiger partial charge in [-0.15, -0.1) is 0 Å². The highest BCUT2D eigenvalue weighted by molar-refractivity contribution is 5.41. The number of hydrogen-bond donors (Lipinski definition) is 2. The minimum atomic E-state index is -4.43. The van der Waals surface area contributed by atoms with E-state index in [2.05, 4.69) is 0 Å². The molecule has 0 fully saturated rings. The van der Waals surface area contributed by atoms with Crippen molar-refractivity contribution in [3.8, 4) is 5.75 Å². The zero-order valence-electron chi connectivity index (χ0n) is 10.9. The van der Waals surface area contributed by atoms with Crippen molar-refractivity contribution in [2.45, 2.75) is 38.1 Å².